The minimum Gasteiger partial charge on any atom is -0.492 e. The Labute approximate surface area is 233 Å². The number of carboxylic acid groups (broad SMARTS) is 1. The van der Waals surface area contributed by atoms with Crippen molar-refractivity contribution < 1.29 is 47.7 Å². The molecule has 2 aliphatic rings. The number of rotatable bonds is 11. The molecule has 1 aromatic carbocycles. The molecule has 14 heteroatoms. The molecule has 0 bridgehead atoms. The summed E-state index contributed by atoms with van der Waals surface area (Å²) in [7, 11) is 1.35. The molecule has 1 amide bonds. The van der Waals surface area contributed by atoms with Gasteiger partial charge in [0.05, 0.1) is 23.9 Å². The van der Waals surface area contributed by atoms with E-state index in [1.807, 2.05) is 0 Å². The van der Waals surface area contributed by atoms with Gasteiger partial charge in [0.25, 0.3) is 0 Å². The molecule has 1 saturated carbocycles. The number of ether oxygens (including phenoxy) is 3. The molecule has 2 fully saturated rings. The van der Waals surface area contributed by atoms with Gasteiger partial charge in [0.1, 0.15) is 23.8 Å². The molecule has 1 atom stereocenters. The fraction of sp³-hybridized carbons (Fsp3) is 0.481. The Morgan fingerprint density at radius 1 is 1.17 bits per heavy atom. The number of benzene rings is 1. The molecule has 1 saturated heterocycles. The zero-order valence-electron chi connectivity index (χ0n) is 22.5. The molecule has 2 aromatic rings. The lowest BCUT2D eigenvalue weighted by Crippen LogP contribution is -2.54. The van der Waals surface area contributed by atoms with Crippen LogP contribution in [-0.2, 0) is 23.9 Å². The number of fused-ring (bicyclic) bond motifs is 1. The first-order valence-electron chi connectivity index (χ1n) is 13.0. The Morgan fingerprint density at radius 2 is 1.88 bits per heavy atom. The highest BCUT2D eigenvalue weighted by Gasteiger charge is 2.34. The van der Waals surface area contributed by atoms with E-state index >= 15 is 4.39 Å². The van der Waals surface area contributed by atoms with Crippen molar-refractivity contribution in [3.05, 3.63) is 33.9 Å². The second kappa shape index (κ2) is 12.4. The number of aromatic nitrogens is 1. The van der Waals surface area contributed by atoms with Crippen molar-refractivity contribution in [2.75, 3.05) is 38.4 Å². The first kappa shape index (κ1) is 29.5. The van der Waals surface area contributed by atoms with Crippen LogP contribution in [-0.4, -0.2) is 84.8 Å². The number of aldehydes is 2. The third-order valence-corrected chi connectivity index (χ3v) is 7.18. The predicted octanol–water partition coefficient (Wildman–Crippen LogP) is 2.12. The number of nitrogens with zero attached hydrogens (tertiary/aromatic N) is 3. The third kappa shape index (κ3) is 6.15. The molecule has 13 nitrogen and oxygen atoms in total. The number of amides is 1. The Hall–Kier alpha value is -4.49. The fourth-order valence-electron chi connectivity index (χ4n) is 4.91. The summed E-state index contributed by atoms with van der Waals surface area (Å²) in [5.41, 5.74) is -0.849. The molecule has 2 heterocycles. The molecular weight excluding hydrogens is 545 g/mol. The van der Waals surface area contributed by atoms with E-state index in [2.05, 4.69) is 0 Å². The van der Waals surface area contributed by atoms with Crippen LogP contribution in [0.3, 0.4) is 0 Å². The highest BCUT2D eigenvalue weighted by Crippen LogP contribution is 2.44. The first-order chi connectivity index (χ1) is 19.6. The van der Waals surface area contributed by atoms with Crippen LogP contribution in [0, 0.1) is 11.7 Å². The van der Waals surface area contributed by atoms with Gasteiger partial charge in [-0.15, -0.1) is 0 Å². The number of methoxy groups -OCH3 is 1. The number of esters is 1. The van der Waals surface area contributed by atoms with Crippen molar-refractivity contribution >= 4 is 47.2 Å². The van der Waals surface area contributed by atoms with Crippen molar-refractivity contribution in [1.29, 1.82) is 0 Å². The van der Waals surface area contributed by atoms with Gasteiger partial charge < -0.3 is 43.3 Å². The lowest BCUT2D eigenvalue weighted by Gasteiger charge is -2.40. The van der Waals surface area contributed by atoms with Gasteiger partial charge in [-0.25, -0.2) is 14.0 Å². The Morgan fingerprint density at radius 3 is 2.46 bits per heavy atom. The summed E-state index contributed by atoms with van der Waals surface area (Å²) < 4.78 is 32.8. The van der Waals surface area contributed by atoms with Crippen LogP contribution in [0.4, 0.5) is 14.9 Å². The van der Waals surface area contributed by atoms with Crippen LogP contribution >= 0.6 is 0 Å². The second-order valence-corrected chi connectivity index (χ2v) is 9.96. The van der Waals surface area contributed by atoms with Gasteiger partial charge in [0, 0.05) is 44.3 Å². The van der Waals surface area contributed by atoms with E-state index in [1.54, 1.807) is 16.4 Å². The average Bonchev–Trinajstić information content (AvgIpc) is 3.78. The number of carbonyl (C=O) groups is 5. The van der Waals surface area contributed by atoms with Crippen molar-refractivity contribution in [3.63, 3.8) is 0 Å². The number of halogens is 1. The van der Waals surface area contributed by atoms with E-state index in [0.717, 1.165) is 18.9 Å². The number of aromatic carboxylic acids is 1. The normalized spacial score (nSPS) is 16.9. The molecule has 1 unspecified atom stereocenters. The van der Waals surface area contributed by atoms with Crippen LogP contribution in [0.1, 0.15) is 49.0 Å². The molecule has 0 radical (unpaired) electrons. The van der Waals surface area contributed by atoms with Crippen LogP contribution in [0.2, 0.25) is 0 Å². The smallest absolute Gasteiger partial charge is 0.413 e. The fourth-order valence-corrected chi connectivity index (χ4v) is 4.91. The van der Waals surface area contributed by atoms with E-state index < -0.39 is 53.6 Å². The van der Waals surface area contributed by atoms with Crippen LogP contribution < -0.4 is 15.1 Å². The zero-order valence-corrected chi connectivity index (χ0v) is 22.5. The third-order valence-electron chi connectivity index (χ3n) is 7.18. The summed E-state index contributed by atoms with van der Waals surface area (Å²) in [4.78, 5) is 73.4. The summed E-state index contributed by atoms with van der Waals surface area (Å²) >= 11 is 0. The lowest BCUT2D eigenvalue weighted by atomic mass is 10.1. The molecule has 1 aromatic heterocycles. The number of carbonyl (C=O) groups excluding carboxylic acids is 4. The maximum absolute atomic E-state index is 15.6. The van der Waals surface area contributed by atoms with Gasteiger partial charge in [-0.2, -0.15) is 0 Å². The van der Waals surface area contributed by atoms with Gasteiger partial charge in [0.15, 0.2) is 11.6 Å². The minimum atomic E-state index is -1.40. The van der Waals surface area contributed by atoms with Crippen LogP contribution in [0.25, 0.3) is 10.9 Å². The highest BCUT2D eigenvalue weighted by atomic mass is 19.1. The summed E-state index contributed by atoms with van der Waals surface area (Å²) in [6.07, 6.45) is 2.74. The highest BCUT2D eigenvalue weighted by molar-refractivity contribution is 5.97. The first-order valence-corrected chi connectivity index (χ1v) is 13.0. The molecule has 4 rings (SSSR count). The van der Waals surface area contributed by atoms with Gasteiger partial charge in [-0.1, -0.05) is 0 Å². The molecule has 0 spiro atoms. The lowest BCUT2D eigenvalue weighted by molar-refractivity contribution is -0.152. The number of hydrogen-bond donors (Lipinski definition) is 1. The number of piperazine rings is 1. The molecule has 41 heavy (non-hydrogen) atoms. The summed E-state index contributed by atoms with van der Waals surface area (Å²) in [6, 6.07) is 0.527. The largest absolute Gasteiger partial charge is 0.492 e. The van der Waals surface area contributed by atoms with E-state index in [4.69, 9.17) is 14.2 Å². The molecule has 1 aliphatic heterocycles. The zero-order chi connectivity index (χ0) is 29.8. The van der Waals surface area contributed by atoms with Gasteiger partial charge >= 0.3 is 18.0 Å². The van der Waals surface area contributed by atoms with E-state index in [0.29, 0.717) is 18.1 Å². The van der Waals surface area contributed by atoms with Crippen LogP contribution in [0.15, 0.2) is 17.1 Å². The Balaban J connectivity index is 1.48. The van der Waals surface area contributed by atoms with Gasteiger partial charge in [0.2, 0.25) is 12.2 Å². The maximum Gasteiger partial charge on any atom is 0.413 e. The van der Waals surface area contributed by atoms with Crippen molar-refractivity contribution in [3.8, 4) is 5.75 Å². The summed E-state index contributed by atoms with van der Waals surface area (Å²) in [5, 5.41) is 9.42. The Kier molecular flexibility index (Phi) is 8.89. The van der Waals surface area contributed by atoms with Gasteiger partial charge in [-0.3, -0.25) is 9.59 Å². The van der Waals surface area contributed by atoms with Crippen molar-refractivity contribution in [1.82, 2.24) is 9.47 Å². The summed E-state index contributed by atoms with van der Waals surface area (Å²) in [5.74, 6) is -3.70. The standard InChI is InChI=1S/C27H30FN3O10/c1-15-10-29(7-8-30(15)27(38)41-14-40-21(34)6-3-16(12-32)13-33)23-20(28)9-18-22(25(23)39-2)31(17-4-5-17)11-19(24(18)35)26(36)37/h9,11-13,15-17H,3-8,10,14H2,1-2H3,(H,36,37). The SMILES string of the molecule is COc1c(N2CCN(C(=O)OCOC(=O)CCC(C=O)C=O)C(C)C2)c(F)cc2c(=O)c(C(=O)O)cn(C3CC3)c12. The van der Waals surface area contributed by atoms with E-state index in [1.165, 1.54) is 18.2 Å². The Bertz CT molecular complexity index is 1430. The van der Waals surface area contributed by atoms with E-state index in [-0.39, 0.29) is 55.3 Å². The summed E-state index contributed by atoms with van der Waals surface area (Å²) in [6.45, 7) is 1.55. The van der Waals surface area contributed by atoms with Gasteiger partial charge in [-0.05, 0) is 32.3 Å². The number of carboxylic acids is 1. The quantitative estimate of drug-likeness (QED) is 0.181. The minimum absolute atomic E-state index is 0.00885. The molecule has 1 N–H and O–H groups in total. The average molecular weight is 576 g/mol. The van der Waals surface area contributed by atoms with E-state index in [9.17, 15) is 33.9 Å². The maximum atomic E-state index is 15.6. The van der Waals surface area contributed by atoms with Crippen molar-refractivity contribution in [2.24, 2.45) is 5.92 Å². The van der Waals surface area contributed by atoms with Crippen molar-refractivity contribution in [2.45, 2.75) is 44.7 Å². The predicted molar refractivity (Wildman–Crippen MR) is 141 cm³/mol. The molecular formula is C27H30FN3O10. The number of anilines is 1. The number of hydrogen-bond acceptors (Lipinski definition) is 10. The van der Waals surface area contributed by atoms with Crippen LogP contribution in [0.5, 0.6) is 5.75 Å². The topological polar surface area (TPSA) is 162 Å². The number of pyridine rings is 1. The molecule has 1 aliphatic carbocycles. The second-order valence-electron chi connectivity index (χ2n) is 9.96. The monoisotopic (exact) mass is 575 g/mol. The molecule has 220 valence electrons.